The van der Waals surface area contributed by atoms with E-state index in [1.165, 1.54) is 11.3 Å². The topological polar surface area (TPSA) is 69.7 Å². The molecule has 0 aliphatic heterocycles. The SMILES string of the molecule is CCOc1ccccc1-c1nc(CC(=O)Nc2ccc(OC)c(OC)c2)cs1. The minimum atomic E-state index is -0.151. The van der Waals surface area contributed by atoms with Crippen LogP contribution in [0.4, 0.5) is 5.69 Å². The van der Waals surface area contributed by atoms with Crippen LogP contribution in [-0.4, -0.2) is 31.7 Å². The van der Waals surface area contributed by atoms with E-state index in [1.807, 2.05) is 36.6 Å². The summed E-state index contributed by atoms with van der Waals surface area (Å²) in [5.74, 6) is 1.81. The van der Waals surface area contributed by atoms with E-state index in [9.17, 15) is 4.79 Å². The summed E-state index contributed by atoms with van der Waals surface area (Å²) in [6.45, 7) is 2.53. The first-order chi connectivity index (χ1) is 13.6. The number of nitrogens with zero attached hydrogens (tertiary/aromatic N) is 1. The van der Waals surface area contributed by atoms with E-state index in [4.69, 9.17) is 14.2 Å². The summed E-state index contributed by atoms with van der Waals surface area (Å²) in [7, 11) is 3.12. The first-order valence-corrected chi connectivity index (χ1v) is 9.71. The van der Waals surface area contributed by atoms with Gasteiger partial charge in [0.15, 0.2) is 11.5 Å². The molecule has 0 unspecified atom stereocenters. The average molecular weight is 398 g/mol. The first kappa shape index (κ1) is 19.7. The van der Waals surface area contributed by atoms with Crippen LogP contribution in [0.25, 0.3) is 10.6 Å². The number of aromatic nitrogens is 1. The molecule has 6 nitrogen and oxygen atoms in total. The number of thiazole rings is 1. The number of amides is 1. The average Bonchev–Trinajstić information content (AvgIpc) is 3.16. The van der Waals surface area contributed by atoms with Crippen LogP contribution in [0.15, 0.2) is 47.8 Å². The lowest BCUT2D eigenvalue weighted by Crippen LogP contribution is -2.14. The molecule has 0 radical (unpaired) electrons. The second kappa shape index (κ2) is 9.23. The van der Waals surface area contributed by atoms with Crippen molar-refractivity contribution in [2.45, 2.75) is 13.3 Å². The fourth-order valence-electron chi connectivity index (χ4n) is 2.72. The maximum Gasteiger partial charge on any atom is 0.230 e. The Hall–Kier alpha value is -3.06. The second-order valence-electron chi connectivity index (χ2n) is 5.87. The van der Waals surface area contributed by atoms with Crippen molar-refractivity contribution in [2.24, 2.45) is 0 Å². The summed E-state index contributed by atoms with van der Waals surface area (Å²) in [6.07, 6.45) is 0.182. The van der Waals surface area contributed by atoms with Crippen molar-refractivity contribution in [2.75, 3.05) is 26.1 Å². The molecular weight excluding hydrogens is 376 g/mol. The van der Waals surface area contributed by atoms with E-state index < -0.39 is 0 Å². The minimum absolute atomic E-state index is 0.151. The van der Waals surface area contributed by atoms with E-state index >= 15 is 0 Å². The van der Waals surface area contributed by atoms with Gasteiger partial charge in [0.25, 0.3) is 0 Å². The van der Waals surface area contributed by atoms with E-state index in [1.54, 1.807) is 32.4 Å². The molecule has 7 heteroatoms. The third-order valence-corrected chi connectivity index (χ3v) is 4.90. The number of para-hydroxylation sites is 1. The Balaban J connectivity index is 1.69. The van der Waals surface area contributed by atoms with Gasteiger partial charge in [-0.15, -0.1) is 11.3 Å². The number of nitrogens with one attached hydrogen (secondary N) is 1. The Morgan fingerprint density at radius 1 is 1.07 bits per heavy atom. The predicted octanol–water partition coefficient (Wildman–Crippen LogP) is 4.41. The van der Waals surface area contributed by atoms with Crippen LogP contribution in [0.5, 0.6) is 17.2 Å². The highest BCUT2D eigenvalue weighted by molar-refractivity contribution is 7.13. The zero-order valence-electron chi connectivity index (χ0n) is 16.0. The molecule has 0 atom stereocenters. The highest BCUT2D eigenvalue weighted by atomic mass is 32.1. The highest BCUT2D eigenvalue weighted by Gasteiger charge is 2.13. The molecule has 0 aliphatic rings. The predicted molar refractivity (Wildman–Crippen MR) is 111 cm³/mol. The highest BCUT2D eigenvalue weighted by Crippen LogP contribution is 2.32. The molecule has 3 rings (SSSR count). The van der Waals surface area contributed by atoms with E-state index in [0.29, 0.717) is 29.5 Å². The van der Waals surface area contributed by atoms with Crippen LogP contribution in [0, 0.1) is 0 Å². The van der Waals surface area contributed by atoms with Gasteiger partial charge < -0.3 is 19.5 Å². The van der Waals surface area contributed by atoms with Gasteiger partial charge >= 0.3 is 0 Å². The Labute approximate surface area is 168 Å². The lowest BCUT2D eigenvalue weighted by molar-refractivity contribution is -0.115. The number of anilines is 1. The summed E-state index contributed by atoms with van der Waals surface area (Å²) in [4.78, 5) is 17.0. The Bertz CT molecular complexity index is 955. The second-order valence-corrected chi connectivity index (χ2v) is 6.73. The van der Waals surface area contributed by atoms with Crippen molar-refractivity contribution < 1.29 is 19.0 Å². The van der Waals surface area contributed by atoms with Crippen LogP contribution in [0.3, 0.4) is 0 Å². The van der Waals surface area contributed by atoms with Crippen molar-refractivity contribution >= 4 is 22.9 Å². The molecule has 0 bridgehead atoms. The van der Waals surface area contributed by atoms with Gasteiger partial charge in [0.1, 0.15) is 10.8 Å². The molecule has 2 aromatic carbocycles. The number of benzene rings is 2. The molecule has 3 aromatic rings. The fourth-order valence-corrected chi connectivity index (χ4v) is 3.57. The van der Waals surface area contributed by atoms with Gasteiger partial charge in [0.2, 0.25) is 5.91 Å². The van der Waals surface area contributed by atoms with E-state index in [-0.39, 0.29) is 12.3 Å². The molecule has 0 saturated carbocycles. The largest absolute Gasteiger partial charge is 0.493 e. The van der Waals surface area contributed by atoms with E-state index in [2.05, 4.69) is 10.3 Å². The third-order valence-electron chi connectivity index (χ3n) is 3.98. The molecule has 1 amide bonds. The van der Waals surface area contributed by atoms with Crippen LogP contribution in [-0.2, 0) is 11.2 Å². The van der Waals surface area contributed by atoms with Gasteiger partial charge in [-0.2, -0.15) is 0 Å². The normalized spacial score (nSPS) is 10.4. The number of carbonyl (C=O) groups is 1. The molecule has 0 saturated heterocycles. The van der Waals surface area contributed by atoms with Crippen molar-refractivity contribution in [3.63, 3.8) is 0 Å². The molecule has 0 fully saturated rings. The van der Waals surface area contributed by atoms with Gasteiger partial charge in [0.05, 0.1) is 38.5 Å². The van der Waals surface area contributed by atoms with Crippen LogP contribution < -0.4 is 19.5 Å². The first-order valence-electron chi connectivity index (χ1n) is 8.83. The summed E-state index contributed by atoms with van der Waals surface area (Å²) in [5.41, 5.74) is 2.28. The van der Waals surface area contributed by atoms with Gasteiger partial charge in [0, 0.05) is 17.1 Å². The Morgan fingerprint density at radius 2 is 1.86 bits per heavy atom. The summed E-state index contributed by atoms with van der Waals surface area (Å²) in [5, 5.41) is 5.59. The molecule has 28 heavy (non-hydrogen) atoms. The van der Waals surface area contributed by atoms with E-state index in [0.717, 1.165) is 16.3 Å². The molecule has 146 valence electrons. The van der Waals surface area contributed by atoms with Crippen molar-refractivity contribution in [3.05, 3.63) is 53.5 Å². The minimum Gasteiger partial charge on any atom is -0.493 e. The van der Waals surface area contributed by atoms with Crippen LogP contribution in [0.1, 0.15) is 12.6 Å². The van der Waals surface area contributed by atoms with Crippen molar-refractivity contribution in [1.29, 1.82) is 0 Å². The maximum absolute atomic E-state index is 12.4. The molecular formula is C21H22N2O4S. The molecule has 0 spiro atoms. The maximum atomic E-state index is 12.4. The summed E-state index contributed by atoms with van der Waals surface area (Å²) < 4.78 is 16.1. The van der Waals surface area contributed by atoms with Gasteiger partial charge in [-0.05, 0) is 31.2 Å². The monoisotopic (exact) mass is 398 g/mol. The summed E-state index contributed by atoms with van der Waals surface area (Å²) >= 11 is 1.49. The van der Waals surface area contributed by atoms with Gasteiger partial charge in [-0.1, -0.05) is 12.1 Å². The molecule has 1 aromatic heterocycles. The summed E-state index contributed by atoms with van der Waals surface area (Å²) in [6, 6.07) is 13.0. The lowest BCUT2D eigenvalue weighted by Gasteiger charge is -2.10. The van der Waals surface area contributed by atoms with Gasteiger partial charge in [-0.3, -0.25) is 4.79 Å². The zero-order valence-corrected chi connectivity index (χ0v) is 16.8. The number of hydrogen-bond acceptors (Lipinski definition) is 6. The van der Waals surface area contributed by atoms with Crippen LogP contribution >= 0.6 is 11.3 Å². The standard InChI is InChI=1S/C21H22N2O4S/c1-4-27-17-8-6-5-7-16(17)21-23-15(13-28-21)12-20(24)22-14-9-10-18(25-2)19(11-14)26-3/h5-11,13H,4,12H2,1-3H3,(H,22,24). The number of ether oxygens (including phenoxy) is 3. The smallest absolute Gasteiger partial charge is 0.230 e. The number of hydrogen-bond donors (Lipinski definition) is 1. The zero-order chi connectivity index (χ0) is 19.9. The third kappa shape index (κ3) is 4.61. The lowest BCUT2D eigenvalue weighted by atomic mass is 10.2. The molecule has 1 heterocycles. The number of rotatable bonds is 8. The molecule has 1 N–H and O–H groups in total. The fraction of sp³-hybridized carbons (Fsp3) is 0.238. The number of methoxy groups -OCH3 is 2. The Kier molecular flexibility index (Phi) is 6.49. The van der Waals surface area contributed by atoms with Crippen molar-refractivity contribution in [1.82, 2.24) is 4.98 Å². The number of carbonyl (C=O) groups excluding carboxylic acids is 1. The van der Waals surface area contributed by atoms with Crippen LogP contribution in [0.2, 0.25) is 0 Å². The Morgan fingerprint density at radius 3 is 2.61 bits per heavy atom. The molecule has 0 aliphatic carbocycles. The van der Waals surface area contributed by atoms with Crippen molar-refractivity contribution in [3.8, 4) is 27.8 Å². The van der Waals surface area contributed by atoms with Gasteiger partial charge in [-0.25, -0.2) is 4.98 Å². The quantitative estimate of drug-likeness (QED) is 0.609.